The van der Waals surface area contributed by atoms with Crippen molar-refractivity contribution >= 4 is 0 Å². The molecule has 0 amide bonds. The molecule has 1 aromatic heterocycles. The molecule has 2 heteroatoms. The van der Waals surface area contributed by atoms with Crippen LogP contribution in [0.3, 0.4) is 0 Å². The van der Waals surface area contributed by atoms with Crippen molar-refractivity contribution in [2.45, 2.75) is 65.8 Å². The van der Waals surface area contributed by atoms with Gasteiger partial charge in [0.25, 0.3) is 0 Å². The highest BCUT2D eigenvalue weighted by atomic mass is 15.1. The van der Waals surface area contributed by atoms with E-state index in [1.165, 1.54) is 42.5 Å². The van der Waals surface area contributed by atoms with E-state index in [2.05, 4.69) is 55.4 Å². The summed E-state index contributed by atoms with van der Waals surface area (Å²) in [6.45, 7) is 9.38. The molecule has 0 N–H and O–H groups in total. The monoisotopic (exact) mass is 312 g/mol. The maximum absolute atomic E-state index is 4.42. The van der Waals surface area contributed by atoms with E-state index in [-0.39, 0.29) is 1.43 Å². The van der Waals surface area contributed by atoms with E-state index in [9.17, 15) is 0 Å². The fourth-order valence-electron chi connectivity index (χ4n) is 4.48. The van der Waals surface area contributed by atoms with Crippen LogP contribution < -0.4 is 0 Å². The van der Waals surface area contributed by atoms with Crippen LogP contribution in [-0.2, 0) is 6.42 Å². The van der Waals surface area contributed by atoms with Gasteiger partial charge in [0.05, 0.1) is 24.3 Å². The van der Waals surface area contributed by atoms with Gasteiger partial charge in [-0.15, -0.1) is 0 Å². The summed E-state index contributed by atoms with van der Waals surface area (Å²) in [7, 11) is 0. The van der Waals surface area contributed by atoms with Crippen LogP contribution >= 0.6 is 0 Å². The van der Waals surface area contributed by atoms with Gasteiger partial charge in [-0.3, -0.25) is 0 Å². The Morgan fingerprint density at radius 3 is 2.78 bits per heavy atom. The number of rotatable bonds is 7. The lowest BCUT2D eigenvalue weighted by Gasteiger charge is -2.27. The van der Waals surface area contributed by atoms with E-state index < -0.39 is 0 Å². The highest BCUT2D eigenvalue weighted by Crippen LogP contribution is 2.45. The maximum Gasteiger partial charge on any atom is 0.0956 e. The first-order chi connectivity index (χ1) is 11.2. The highest BCUT2D eigenvalue weighted by Gasteiger charge is 2.32. The van der Waals surface area contributed by atoms with Crippen LogP contribution in [0.4, 0.5) is 0 Å². The van der Waals surface area contributed by atoms with Crippen molar-refractivity contribution in [1.29, 1.82) is 0 Å². The molecule has 0 saturated carbocycles. The van der Waals surface area contributed by atoms with E-state index in [4.69, 9.17) is 0 Å². The van der Waals surface area contributed by atoms with Gasteiger partial charge in [-0.2, -0.15) is 0 Å². The fraction of sp³-hybridized carbons (Fsp3) is 0.571. The first-order valence-corrected chi connectivity index (χ1v) is 9.35. The summed E-state index contributed by atoms with van der Waals surface area (Å²) in [5, 5.41) is 0. The van der Waals surface area contributed by atoms with Crippen molar-refractivity contribution < 1.29 is 1.43 Å². The zero-order valence-electron chi connectivity index (χ0n) is 15.0. The molecule has 0 aliphatic carbocycles. The third-order valence-electron chi connectivity index (χ3n) is 5.77. The van der Waals surface area contributed by atoms with Crippen molar-refractivity contribution in [3.8, 4) is 11.3 Å². The Labute approximate surface area is 142 Å². The topological polar surface area (TPSA) is 17.8 Å². The molecule has 3 atom stereocenters. The third kappa shape index (κ3) is 2.84. The maximum atomic E-state index is 4.42. The smallest absolute Gasteiger partial charge is 0.0956 e. The number of aryl methyl sites for hydroxylation is 1. The summed E-state index contributed by atoms with van der Waals surface area (Å²) in [4.78, 5) is 4.42. The number of aromatic nitrogens is 2. The zero-order valence-corrected chi connectivity index (χ0v) is 15.0. The van der Waals surface area contributed by atoms with Gasteiger partial charge in [-0.05, 0) is 35.8 Å². The largest absolute Gasteiger partial charge is 0.323 e. The molecular weight excluding hydrogens is 280 g/mol. The third-order valence-corrected chi connectivity index (χ3v) is 5.77. The fourth-order valence-corrected chi connectivity index (χ4v) is 4.48. The Bertz CT molecular complexity index is 662. The molecule has 1 aliphatic rings. The van der Waals surface area contributed by atoms with Gasteiger partial charge < -0.3 is 4.57 Å². The minimum atomic E-state index is 0. The van der Waals surface area contributed by atoms with Gasteiger partial charge in [-0.1, -0.05) is 65.2 Å². The standard InChI is InChI=1S/C21H30N2.H2/c1-5-9-16(6-2)15(4)12-19-21-17(7-3)10-8-11-18(21)20-13-22-14-23(19)20;/h8,10-11,13-16,19H,5-7,9,12H2,1-4H3;1H. The number of imidazole rings is 1. The van der Waals surface area contributed by atoms with Crippen molar-refractivity contribution in [2.24, 2.45) is 11.8 Å². The van der Waals surface area contributed by atoms with Crippen LogP contribution in [0.5, 0.6) is 0 Å². The van der Waals surface area contributed by atoms with Crippen molar-refractivity contribution in [2.75, 3.05) is 0 Å². The number of hydrogen-bond acceptors (Lipinski definition) is 1. The molecule has 0 fully saturated rings. The molecule has 2 aromatic rings. The lowest BCUT2D eigenvalue weighted by atomic mass is 9.81. The van der Waals surface area contributed by atoms with Crippen LogP contribution in [-0.4, -0.2) is 9.55 Å². The lowest BCUT2D eigenvalue weighted by Crippen LogP contribution is -2.17. The Morgan fingerprint density at radius 1 is 1.26 bits per heavy atom. The van der Waals surface area contributed by atoms with Crippen LogP contribution in [0.1, 0.15) is 72.0 Å². The molecule has 23 heavy (non-hydrogen) atoms. The second-order valence-corrected chi connectivity index (χ2v) is 7.10. The molecule has 0 radical (unpaired) electrons. The summed E-state index contributed by atoms with van der Waals surface area (Å²) in [5.41, 5.74) is 5.77. The second kappa shape index (κ2) is 6.90. The summed E-state index contributed by atoms with van der Waals surface area (Å²) in [6.07, 6.45) is 10.3. The summed E-state index contributed by atoms with van der Waals surface area (Å²) >= 11 is 0. The molecule has 1 aliphatic heterocycles. The molecule has 0 bridgehead atoms. The Morgan fingerprint density at radius 2 is 2.09 bits per heavy atom. The van der Waals surface area contributed by atoms with Crippen LogP contribution in [0.15, 0.2) is 30.7 Å². The van der Waals surface area contributed by atoms with Gasteiger partial charge in [0, 0.05) is 6.99 Å². The number of benzene rings is 1. The molecule has 0 spiro atoms. The first kappa shape index (κ1) is 16.3. The average molecular weight is 313 g/mol. The zero-order chi connectivity index (χ0) is 16.4. The molecular formula is C21H32N2. The molecule has 2 nitrogen and oxygen atoms in total. The Hall–Kier alpha value is -1.57. The van der Waals surface area contributed by atoms with Crippen molar-refractivity contribution in [1.82, 2.24) is 9.55 Å². The summed E-state index contributed by atoms with van der Waals surface area (Å²) in [5.74, 6) is 1.58. The summed E-state index contributed by atoms with van der Waals surface area (Å²) < 4.78 is 2.42. The SMILES string of the molecule is CCCC(CC)C(C)CC1c2c(CC)cccc2-c2cncn21.[HH]. The number of fused-ring (bicyclic) bond motifs is 3. The molecule has 3 unspecified atom stereocenters. The van der Waals surface area contributed by atoms with E-state index in [0.717, 1.165) is 18.3 Å². The molecule has 3 rings (SSSR count). The molecule has 126 valence electrons. The minimum Gasteiger partial charge on any atom is -0.323 e. The number of nitrogens with zero attached hydrogens (tertiary/aromatic N) is 2. The normalized spacial score (nSPS) is 18.5. The molecule has 1 aromatic carbocycles. The van der Waals surface area contributed by atoms with Crippen molar-refractivity contribution in [3.63, 3.8) is 0 Å². The minimum absolute atomic E-state index is 0. The van der Waals surface area contributed by atoms with Crippen molar-refractivity contribution in [3.05, 3.63) is 41.9 Å². The van der Waals surface area contributed by atoms with E-state index in [0.29, 0.717) is 6.04 Å². The van der Waals surface area contributed by atoms with Gasteiger partial charge in [0.15, 0.2) is 0 Å². The van der Waals surface area contributed by atoms with E-state index in [1.54, 1.807) is 5.56 Å². The first-order valence-electron chi connectivity index (χ1n) is 9.35. The number of hydrogen-bond donors (Lipinski definition) is 0. The van der Waals surface area contributed by atoms with E-state index in [1.807, 2.05) is 12.5 Å². The summed E-state index contributed by atoms with van der Waals surface area (Å²) in [6, 6.07) is 7.25. The van der Waals surface area contributed by atoms with E-state index >= 15 is 0 Å². The lowest BCUT2D eigenvalue weighted by molar-refractivity contribution is 0.281. The average Bonchev–Trinajstić information content (AvgIpc) is 3.15. The van der Waals surface area contributed by atoms with Crippen LogP contribution in [0.25, 0.3) is 11.3 Å². The highest BCUT2D eigenvalue weighted by molar-refractivity contribution is 5.70. The Kier molecular flexibility index (Phi) is 4.89. The van der Waals surface area contributed by atoms with Gasteiger partial charge in [0.2, 0.25) is 0 Å². The Balaban J connectivity index is 0.00000208. The quantitative estimate of drug-likeness (QED) is 0.602. The molecule has 2 heterocycles. The van der Waals surface area contributed by atoms with Crippen LogP contribution in [0.2, 0.25) is 0 Å². The predicted octanol–water partition coefficient (Wildman–Crippen LogP) is 6.11. The van der Waals surface area contributed by atoms with Gasteiger partial charge >= 0.3 is 0 Å². The van der Waals surface area contributed by atoms with Gasteiger partial charge in [-0.25, -0.2) is 4.98 Å². The van der Waals surface area contributed by atoms with Crippen LogP contribution in [0, 0.1) is 11.8 Å². The molecule has 0 saturated heterocycles. The second-order valence-electron chi connectivity index (χ2n) is 7.10. The predicted molar refractivity (Wildman–Crippen MR) is 99.8 cm³/mol. The van der Waals surface area contributed by atoms with Gasteiger partial charge in [0.1, 0.15) is 0 Å².